The van der Waals surface area contributed by atoms with E-state index in [9.17, 15) is 10.2 Å². The van der Waals surface area contributed by atoms with Crippen LogP contribution in [0.2, 0.25) is 0 Å². The Morgan fingerprint density at radius 1 is 1.53 bits per heavy atom. The van der Waals surface area contributed by atoms with Gasteiger partial charge in [-0.15, -0.1) is 0 Å². The topological polar surface area (TPSA) is 78.7 Å². The lowest BCUT2D eigenvalue weighted by molar-refractivity contribution is 0.0720. The van der Waals surface area contributed by atoms with Crippen LogP contribution in [0.15, 0.2) is 6.20 Å². The van der Waals surface area contributed by atoms with E-state index in [-0.39, 0.29) is 19.3 Å². The maximum atomic E-state index is 9.33. The molecule has 94 valence electrons. The van der Waals surface area contributed by atoms with Gasteiger partial charge in [0.05, 0.1) is 32.5 Å². The van der Waals surface area contributed by atoms with Crippen LogP contribution in [-0.4, -0.2) is 52.6 Å². The normalized spacial score (nSPS) is 20.6. The third-order valence-corrected chi connectivity index (χ3v) is 2.84. The molecule has 17 heavy (non-hydrogen) atoms. The van der Waals surface area contributed by atoms with Gasteiger partial charge < -0.3 is 19.8 Å². The van der Waals surface area contributed by atoms with E-state index in [2.05, 4.69) is 9.97 Å². The van der Waals surface area contributed by atoms with E-state index in [0.29, 0.717) is 37.0 Å². The van der Waals surface area contributed by atoms with E-state index in [1.807, 2.05) is 4.90 Å². The van der Waals surface area contributed by atoms with Gasteiger partial charge in [0, 0.05) is 18.3 Å². The molecule has 1 fully saturated rings. The van der Waals surface area contributed by atoms with Crippen molar-refractivity contribution in [3.63, 3.8) is 0 Å². The fourth-order valence-corrected chi connectivity index (χ4v) is 1.93. The summed E-state index contributed by atoms with van der Waals surface area (Å²) in [6.45, 7) is 3.45. The molecular weight excluding hydrogens is 222 g/mol. The second-order valence-corrected chi connectivity index (χ2v) is 4.03. The average Bonchev–Trinajstić information content (AvgIpc) is 2.38. The van der Waals surface area contributed by atoms with Gasteiger partial charge in [0.2, 0.25) is 0 Å². The molecule has 0 spiro atoms. The van der Waals surface area contributed by atoms with Crippen LogP contribution in [0.4, 0.5) is 5.82 Å². The van der Waals surface area contributed by atoms with Crippen LogP contribution in [-0.2, 0) is 11.3 Å². The van der Waals surface area contributed by atoms with Crippen LogP contribution >= 0.6 is 0 Å². The second kappa shape index (κ2) is 5.39. The van der Waals surface area contributed by atoms with Gasteiger partial charge in [-0.3, -0.25) is 0 Å². The Morgan fingerprint density at radius 3 is 3.06 bits per heavy atom. The maximum Gasteiger partial charge on any atom is 0.138 e. The van der Waals surface area contributed by atoms with E-state index >= 15 is 0 Å². The Kier molecular flexibility index (Phi) is 3.88. The van der Waals surface area contributed by atoms with Crippen LogP contribution in [0.1, 0.15) is 11.4 Å². The van der Waals surface area contributed by atoms with Crippen molar-refractivity contribution in [1.29, 1.82) is 0 Å². The van der Waals surface area contributed by atoms with Crippen molar-refractivity contribution in [3.8, 4) is 0 Å². The highest BCUT2D eigenvalue weighted by atomic mass is 16.5. The third-order valence-electron chi connectivity index (χ3n) is 2.84. The van der Waals surface area contributed by atoms with Crippen LogP contribution in [0.5, 0.6) is 0 Å². The maximum absolute atomic E-state index is 9.33. The number of nitrogens with zero attached hydrogens (tertiary/aromatic N) is 3. The number of rotatable bonds is 3. The minimum absolute atomic E-state index is 0.00786. The van der Waals surface area contributed by atoms with Crippen molar-refractivity contribution in [3.05, 3.63) is 17.6 Å². The van der Waals surface area contributed by atoms with Crippen molar-refractivity contribution < 1.29 is 14.9 Å². The molecule has 1 aromatic rings. The Hall–Kier alpha value is -1.24. The molecule has 2 N–H and O–H groups in total. The molecule has 0 aromatic carbocycles. The number of aliphatic hydroxyl groups is 2. The summed E-state index contributed by atoms with van der Waals surface area (Å²) in [5.74, 6) is 1.35. The SMILES string of the molecule is Cc1ncc(CO)c(N2CCOCC2CO)n1. The van der Waals surface area contributed by atoms with Gasteiger partial charge >= 0.3 is 0 Å². The van der Waals surface area contributed by atoms with E-state index in [0.717, 1.165) is 0 Å². The Morgan fingerprint density at radius 2 is 2.35 bits per heavy atom. The molecule has 0 radical (unpaired) electrons. The summed E-state index contributed by atoms with van der Waals surface area (Å²) in [6.07, 6.45) is 1.63. The highest BCUT2D eigenvalue weighted by Crippen LogP contribution is 2.21. The third kappa shape index (κ3) is 2.54. The lowest BCUT2D eigenvalue weighted by atomic mass is 10.2. The Labute approximate surface area is 99.9 Å². The lowest BCUT2D eigenvalue weighted by Crippen LogP contribution is -2.48. The Bertz CT molecular complexity index is 386. The van der Waals surface area contributed by atoms with Crippen LogP contribution < -0.4 is 4.90 Å². The second-order valence-electron chi connectivity index (χ2n) is 4.03. The quantitative estimate of drug-likeness (QED) is 0.738. The standard InChI is InChI=1S/C11H17N3O3/c1-8-12-4-9(5-15)11(13-8)14-2-3-17-7-10(14)6-16/h4,10,15-16H,2-3,5-7H2,1H3. The monoisotopic (exact) mass is 239 g/mol. The smallest absolute Gasteiger partial charge is 0.138 e. The summed E-state index contributed by atoms with van der Waals surface area (Å²) >= 11 is 0. The zero-order chi connectivity index (χ0) is 12.3. The van der Waals surface area contributed by atoms with E-state index in [1.165, 1.54) is 0 Å². The van der Waals surface area contributed by atoms with Crippen molar-refractivity contribution in [2.75, 3.05) is 31.3 Å². The van der Waals surface area contributed by atoms with Gasteiger partial charge in [-0.05, 0) is 6.92 Å². The molecule has 1 aromatic heterocycles. The van der Waals surface area contributed by atoms with Gasteiger partial charge in [0.15, 0.2) is 0 Å². The van der Waals surface area contributed by atoms with Gasteiger partial charge in [0.25, 0.3) is 0 Å². The number of morpholine rings is 1. The molecule has 1 aliphatic rings. The molecule has 2 heterocycles. The molecule has 0 bridgehead atoms. The summed E-state index contributed by atoms with van der Waals surface area (Å²) in [5, 5.41) is 18.6. The first-order chi connectivity index (χ1) is 8.26. The van der Waals surface area contributed by atoms with E-state index in [4.69, 9.17) is 4.74 Å². The molecule has 1 saturated heterocycles. The first kappa shape index (κ1) is 12.2. The predicted octanol–water partition coefficient (Wildman–Crippen LogP) is -0.525. The number of aryl methyl sites for hydroxylation is 1. The molecule has 0 aliphatic carbocycles. The molecular formula is C11H17N3O3. The summed E-state index contributed by atoms with van der Waals surface area (Å²) in [4.78, 5) is 10.4. The highest BCUT2D eigenvalue weighted by Gasteiger charge is 2.25. The fourth-order valence-electron chi connectivity index (χ4n) is 1.93. The first-order valence-corrected chi connectivity index (χ1v) is 5.65. The molecule has 6 heteroatoms. The van der Waals surface area contributed by atoms with E-state index < -0.39 is 0 Å². The van der Waals surface area contributed by atoms with Gasteiger partial charge in [-0.2, -0.15) is 0 Å². The summed E-state index contributed by atoms with van der Waals surface area (Å²) in [7, 11) is 0. The van der Waals surface area contributed by atoms with Gasteiger partial charge in [-0.1, -0.05) is 0 Å². The molecule has 0 saturated carbocycles. The Balaban J connectivity index is 2.33. The summed E-state index contributed by atoms with van der Waals surface area (Å²) < 4.78 is 5.32. The minimum atomic E-state index is -0.108. The molecule has 0 amide bonds. The number of hydrogen-bond acceptors (Lipinski definition) is 6. The molecule has 2 rings (SSSR count). The molecule has 6 nitrogen and oxygen atoms in total. The number of ether oxygens (including phenoxy) is 1. The molecule has 1 atom stereocenters. The zero-order valence-corrected chi connectivity index (χ0v) is 9.83. The number of anilines is 1. The lowest BCUT2D eigenvalue weighted by Gasteiger charge is -2.36. The number of hydrogen-bond donors (Lipinski definition) is 2. The van der Waals surface area contributed by atoms with Crippen LogP contribution in [0.3, 0.4) is 0 Å². The van der Waals surface area contributed by atoms with Crippen molar-refractivity contribution in [1.82, 2.24) is 9.97 Å². The summed E-state index contributed by atoms with van der Waals surface area (Å²) in [5.41, 5.74) is 0.677. The molecule has 1 unspecified atom stereocenters. The predicted molar refractivity (Wildman–Crippen MR) is 61.7 cm³/mol. The van der Waals surface area contributed by atoms with E-state index in [1.54, 1.807) is 13.1 Å². The zero-order valence-electron chi connectivity index (χ0n) is 9.83. The number of aliphatic hydroxyl groups excluding tert-OH is 2. The van der Waals surface area contributed by atoms with Crippen LogP contribution in [0.25, 0.3) is 0 Å². The largest absolute Gasteiger partial charge is 0.394 e. The van der Waals surface area contributed by atoms with Gasteiger partial charge in [-0.25, -0.2) is 9.97 Å². The highest BCUT2D eigenvalue weighted by molar-refractivity contribution is 5.47. The first-order valence-electron chi connectivity index (χ1n) is 5.65. The fraction of sp³-hybridized carbons (Fsp3) is 0.636. The minimum Gasteiger partial charge on any atom is -0.394 e. The average molecular weight is 239 g/mol. The number of aromatic nitrogens is 2. The van der Waals surface area contributed by atoms with Crippen LogP contribution in [0, 0.1) is 6.92 Å². The van der Waals surface area contributed by atoms with Crippen molar-refractivity contribution >= 4 is 5.82 Å². The van der Waals surface area contributed by atoms with Crippen molar-refractivity contribution in [2.45, 2.75) is 19.6 Å². The molecule has 1 aliphatic heterocycles. The summed E-state index contributed by atoms with van der Waals surface area (Å²) in [6, 6.07) is -0.108. The van der Waals surface area contributed by atoms with Crippen molar-refractivity contribution in [2.24, 2.45) is 0 Å². The van der Waals surface area contributed by atoms with Gasteiger partial charge in [0.1, 0.15) is 11.6 Å².